The van der Waals surface area contributed by atoms with Gasteiger partial charge in [0.25, 0.3) is 0 Å². The van der Waals surface area contributed by atoms with Crippen LogP contribution in [-0.4, -0.2) is 76.4 Å². The van der Waals surface area contributed by atoms with Crippen LogP contribution in [0.1, 0.15) is 63.6 Å². The number of alkyl halides is 1. The van der Waals surface area contributed by atoms with Crippen molar-refractivity contribution in [3.8, 4) is 17.3 Å². The molecule has 0 aliphatic carbocycles. The number of aromatic nitrogens is 3. The van der Waals surface area contributed by atoms with Crippen molar-refractivity contribution in [2.45, 2.75) is 83.1 Å². The maximum Gasteiger partial charge on any atom is 0.319 e. The van der Waals surface area contributed by atoms with Crippen molar-refractivity contribution in [3.05, 3.63) is 53.2 Å². The van der Waals surface area contributed by atoms with E-state index in [1.807, 2.05) is 18.2 Å². The predicted octanol–water partition coefficient (Wildman–Crippen LogP) is 6.70. The number of piperazine rings is 1. The lowest BCUT2D eigenvalue weighted by atomic mass is 9.84. The summed E-state index contributed by atoms with van der Waals surface area (Å²) >= 11 is 0. The molecule has 7 nitrogen and oxygen atoms in total. The monoisotopic (exact) mass is 630 g/mol. The van der Waals surface area contributed by atoms with Crippen LogP contribution in [0, 0.1) is 24.5 Å². The van der Waals surface area contributed by atoms with E-state index in [1.54, 1.807) is 13.0 Å². The van der Waals surface area contributed by atoms with Crippen molar-refractivity contribution < 1.29 is 17.9 Å². The lowest BCUT2D eigenvalue weighted by Gasteiger charge is -2.43. The summed E-state index contributed by atoms with van der Waals surface area (Å²) in [5.74, 6) is -0.154. The van der Waals surface area contributed by atoms with Gasteiger partial charge in [0.05, 0.1) is 16.6 Å². The van der Waals surface area contributed by atoms with Gasteiger partial charge in [-0.05, 0) is 61.1 Å². The largest absolute Gasteiger partial charge is 0.461 e. The maximum atomic E-state index is 17.2. The van der Waals surface area contributed by atoms with E-state index in [2.05, 4.69) is 35.9 Å². The highest BCUT2D eigenvalue weighted by atomic mass is 19.1. The van der Waals surface area contributed by atoms with E-state index in [9.17, 15) is 8.78 Å². The summed E-state index contributed by atoms with van der Waals surface area (Å²) in [7, 11) is 0. The zero-order valence-electron chi connectivity index (χ0n) is 26.9. The van der Waals surface area contributed by atoms with E-state index in [-0.39, 0.29) is 53.6 Å². The number of nitrogens with zero attached hydrogens (tertiary/aromatic N) is 5. The Kier molecular flexibility index (Phi) is 7.17. The van der Waals surface area contributed by atoms with Gasteiger partial charge in [-0.25, -0.2) is 18.2 Å². The predicted molar refractivity (Wildman–Crippen MR) is 174 cm³/mol. The van der Waals surface area contributed by atoms with Crippen LogP contribution < -0.4 is 15.0 Å². The molecule has 8 rings (SSSR count). The molecule has 1 N–H and O–H groups in total. The minimum Gasteiger partial charge on any atom is -0.461 e. The van der Waals surface area contributed by atoms with Crippen LogP contribution in [0.3, 0.4) is 0 Å². The number of aryl methyl sites for hydroxylation is 1. The van der Waals surface area contributed by atoms with Crippen LogP contribution in [0.15, 0.2) is 30.3 Å². The SMILES string of the molecule is CC[C@@H]1CN2c3nc(OC[C@@]45CCCN4C[C@H](F)C5)nc4c(F)c(-c5cccc6ccc(F)c(C)c56)nc(c34)[C@@H](C)[C@H](C)[C@H]2CN1. The summed E-state index contributed by atoms with van der Waals surface area (Å²) in [4.78, 5) is 19.4. The van der Waals surface area contributed by atoms with Gasteiger partial charge in [-0.3, -0.25) is 4.90 Å². The summed E-state index contributed by atoms with van der Waals surface area (Å²) in [6.07, 6.45) is 2.33. The number of benzene rings is 2. The molecule has 10 heteroatoms. The Morgan fingerprint density at radius 2 is 1.91 bits per heavy atom. The Balaban J connectivity index is 1.35. The number of anilines is 1. The van der Waals surface area contributed by atoms with Crippen LogP contribution in [0.4, 0.5) is 19.0 Å². The zero-order chi connectivity index (χ0) is 31.9. The number of nitrogens with one attached hydrogen (secondary N) is 1. The summed E-state index contributed by atoms with van der Waals surface area (Å²) < 4.78 is 53.0. The van der Waals surface area contributed by atoms with Crippen LogP contribution in [0.25, 0.3) is 32.9 Å². The van der Waals surface area contributed by atoms with E-state index < -0.39 is 17.5 Å². The molecule has 6 atom stereocenters. The number of fused-ring (bicyclic) bond motifs is 4. The minimum atomic E-state index is -0.885. The summed E-state index contributed by atoms with van der Waals surface area (Å²) in [5, 5.41) is 5.76. The third kappa shape index (κ3) is 4.50. The van der Waals surface area contributed by atoms with Gasteiger partial charge >= 0.3 is 6.01 Å². The molecular formula is C36H41F3N6O. The number of halogens is 3. The number of rotatable bonds is 5. The summed E-state index contributed by atoms with van der Waals surface area (Å²) in [5.41, 5.74) is 1.64. The fraction of sp³-hybridized carbons (Fsp3) is 0.528. The van der Waals surface area contributed by atoms with Crippen molar-refractivity contribution in [3.63, 3.8) is 0 Å². The molecule has 0 bridgehead atoms. The van der Waals surface area contributed by atoms with Crippen molar-refractivity contribution in [2.75, 3.05) is 37.7 Å². The van der Waals surface area contributed by atoms with Crippen LogP contribution in [0.5, 0.6) is 6.01 Å². The molecule has 4 aliphatic rings. The van der Waals surface area contributed by atoms with Crippen molar-refractivity contribution >= 4 is 27.5 Å². The molecule has 0 unspecified atom stereocenters. The first kappa shape index (κ1) is 29.9. The third-order valence-corrected chi connectivity index (χ3v) is 11.5. The smallest absolute Gasteiger partial charge is 0.319 e. The highest BCUT2D eigenvalue weighted by molar-refractivity contribution is 6.01. The normalized spacial score (nSPS) is 29.3. The molecule has 46 heavy (non-hydrogen) atoms. The summed E-state index contributed by atoms with van der Waals surface area (Å²) in [6.45, 7) is 11.3. The molecule has 0 spiro atoms. The van der Waals surface area contributed by atoms with Crippen molar-refractivity contribution in [1.82, 2.24) is 25.2 Å². The Morgan fingerprint density at radius 3 is 2.74 bits per heavy atom. The average Bonchev–Trinajstić information content (AvgIpc) is 3.57. The molecule has 3 saturated heterocycles. The van der Waals surface area contributed by atoms with Crippen LogP contribution >= 0.6 is 0 Å². The molecule has 2 aromatic carbocycles. The second-order valence-corrected chi connectivity index (χ2v) is 14.0. The molecule has 3 fully saturated rings. The quantitative estimate of drug-likeness (QED) is 0.263. The highest BCUT2D eigenvalue weighted by Gasteiger charge is 2.49. The maximum absolute atomic E-state index is 17.2. The number of ether oxygens (including phenoxy) is 1. The number of hydrogen-bond acceptors (Lipinski definition) is 7. The second kappa shape index (κ2) is 11.0. The van der Waals surface area contributed by atoms with Gasteiger partial charge in [0, 0.05) is 49.6 Å². The first-order chi connectivity index (χ1) is 22.2. The van der Waals surface area contributed by atoms with E-state index in [4.69, 9.17) is 19.7 Å². The molecular weight excluding hydrogens is 589 g/mol. The zero-order valence-corrected chi connectivity index (χ0v) is 26.9. The summed E-state index contributed by atoms with van der Waals surface area (Å²) in [6, 6.07) is 9.19. The van der Waals surface area contributed by atoms with Gasteiger partial charge in [-0.2, -0.15) is 9.97 Å². The molecule has 0 amide bonds. The van der Waals surface area contributed by atoms with Gasteiger partial charge in [0.2, 0.25) is 0 Å². The molecule has 4 aliphatic heterocycles. The first-order valence-electron chi connectivity index (χ1n) is 16.8. The van der Waals surface area contributed by atoms with Gasteiger partial charge in [-0.15, -0.1) is 0 Å². The van der Waals surface area contributed by atoms with Crippen molar-refractivity contribution in [2.24, 2.45) is 5.92 Å². The topological polar surface area (TPSA) is 66.4 Å². The van der Waals surface area contributed by atoms with E-state index >= 15 is 4.39 Å². The van der Waals surface area contributed by atoms with E-state index in [0.29, 0.717) is 40.7 Å². The Morgan fingerprint density at radius 1 is 1.07 bits per heavy atom. The molecule has 4 aromatic rings. The lowest BCUT2D eigenvalue weighted by molar-refractivity contribution is 0.107. The second-order valence-electron chi connectivity index (χ2n) is 14.0. The highest BCUT2D eigenvalue weighted by Crippen LogP contribution is 2.46. The number of hydrogen-bond donors (Lipinski definition) is 1. The minimum absolute atomic E-state index is 0.0373. The van der Waals surface area contributed by atoms with Crippen LogP contribution in [0.2, 0.25) is 0 Å². The Bertz CT molecular complexity index is 1850. The Hall–Kier alpha value is -3.50. The van der Waals surface area contributed by atoms with Gasteiger partial charge in [0.1, 0.15) is 35.6 Å². The molecule has 0 radical (unpaired) electrons. The van der Waals surface area contributed by atoms with Crippen LogP contribution in [-0.2, 0) is 0 Å². The van der Waals surface area contributed by atoms with Crippen molar-refractivity contribution in [1.29, 1.82) is 0 Å². The fourth-order valence-electron chi connectivity index (χ4n) is 8.73. The lowest BCUT2D eigenvalue weighted by Crippen LogP contribution is -2.59. The standard InChI is InChI=1S/C36H41F3N6O/c1-5-24-17-45-27(15-40-24)19(2)20(3)31-29-33(30(39)32(41-31)25-9-6-8-22-10-11-26(38)21(4)28(22)25)42-35(43-34(29)45)46-18-36-12-7-13-44(36)16-23(37)14-36/h6,8-11,19-20,23-24,27,40H,5,7,12-18H2,1-4H3/t19-,20-,23+,24+,27+,36-/m0/s1. The first-order valence-corrected chi connectivity index (χ1v) is 16.8. The molecule has 2 aromatic heterocycles. The fourth-order valence-corrected chi connectivity index (χ4v) is 8.73. The molecule has 0 saturated carbocycles. The van der Waals surface area contributed by atoms with Gasteiger partial charge in [0.15, 0.2) is 5.82 Å². The average molecular weight is 631 g/mol. The van der Waals surface area contributed by atoms with E-state index in [0.717, 1.165) is 50.0 Å². The molecule has 242 valence electrons. The van der Waals surface area contributed by atoms with Gasteiger partial charge < -0.3 is 15.0 Å². The number of pyridine rings is 1. The van der Waals surface area contributed by atoms with E-state index in [1.165, 1.54) is 6.07 Å². The third-order valence-electron chi connectivity index (χ3n) is 11.5. The van der Waals surface area contributed by atoms with Gasteiger partial charge in [-0.1, -0.05) is 45.0 Å². The Labute approximate surface area is 267 Å². The molecule has 6 heterocycles.